The van der Waals surface area contributed by atoms with Crippen LogP contribution in [0.25, 0.3) is 0 Å². The fourth-order valence-corrected chi connectivity index (χ4v) is 1.99. The highest BCUT2D eigenvalue weighted by Crippen LogP contribution is 2.22. The van der Waals surface area contributed by atoms with E-state index in [1.807, 2.05) is 13.8 Å². The average molecular weight is 291 g/mol. The Kier molecular flexibility index (Phi) is 5.24. The lowest BCUT2D eigenvalue weighted by Crippen LogP contribution is -2.35. The SMILES string of the molecule is Cc1nn(CCCC(F)(F)F)c(C)c1CNC(C)(C)C. The molecule has 20 heavy (non-hydrogen) atoms. The van der Waals surface area contributed by atoms with Crippen molar-refractivity contribution in [1.29, 1.82) is 0 Å². The van der Waals surface area contributed by atoms with Crippen molar-refractivity contribution in [3.8, 4) is 0 Å². The Hall–Kier alpha value is -1.04. The van der Waals surface area contributed by atoms with E-state index in [2.05, 4.69) is 31.2 Å². The minimum Gasteiger partial charge on any atom is -0.308 e. The zero-order valence-corrected chi connectivity index (χ0v) is 12.9. The van der Waals surface area contributed by atoms with E-state index in [0.717, 1.165) is 17.0 Å². The van der Waals surface area contributed by atoms with Crippen LogP contribution in [0.2, 0.25) is 0 Å². The second kappa shape index (κ2) is 6.16. The van der Waals surface area contributed by atoms with E-state index in [9.17, 15) is 13.2 Å². The molecule has 0 amide bonds. The zero-order chi connectivity index (χ0) is 15.6. The Bertz CT molecular complexity index is 442. The van der Waals surface area contributed by atoms with Gasteiger partial charge >= 0.3 is 6.18 Å². The predicted molar refractivity (Wildman–Crippen MR) is 73.6 cm³/mol. The van der Waals surface area contributed by atoms with Crippen molar-refractivity contribution in [2.24, 2.45) is 0 Å². The van der Waals surface area contributed by atoms with E-state index in [-0.39, 0.29) is 12.0 Å². The summed E-state index contributed by atoms with van der Waals surface area (Å²) in [7, 11) is 0. The van der Waals surface area contributed by atoms with Gasteiger partial charge in [0.1, 0.15) is 0 Å². The van der Waals surface area contributed by atoms with Gasteiger partial charge in [0.25, 0.3) is 0 Å². The van der Waals surface area contributed by atoms with Crippen LogP contribution in [0.15, 0.2) is 0 Å². The number of hydrogen-bond acceptors (Lipinski definition) is 2. The van der Waals surface area contributed by atoms with Crippen LogP contribution in [0.1, 0.15) is 50.6 Å². The molecule has 0 aliphatic heterocycles. The highest BCUT2D eigenvalue weighted by molar-refractivity contribution is 5.24. The summed E-state index contributed by atoms with van der Waals surface area (Å²) in [6.45, 7) is 11.0. The quantitative estimate of drug-likeness (QED) is 0.896. The summed E-state index contributed by atoms with van der Waals surface area (Å²) in [6, 6.07) is 0. The average Bonchev–Trinajstić information content (AvgIpc) is 2.49. The van der Waals surface area contributed by atoms with E-state index < -0.39 is 12.6 Å². The summed E-state index contributed by atoms with van der Waals surface area (Å²) in [5.41, 5.74) is 2.90. The zero-order valence-electron chi connectivity index (χ0n) is 12.9. The van der Waals surface area contributed by atoms with E-state index in [4.69, 9.17) is 0 Å². The molecule has 116 valence electrons. The molecule has 1 heterocycles. The van der Waals surface area contributed by atoms with Gasteiger partial charge in [0.15, 0.2) is 0 Å². The summed E-state index contributed by atoms with van der Waals surface area (Å²) in [6.07, 6.45) is -4.79. The van der Waals surface area contributed by atoms with Gasteiger partial charge in [0.05, 0.1) is 5.69 Å². The van der Waals surface area contributed by atoms with E-state index in [1.165, 1.54) is 0 Å². The third kappa shape index (κ3) is 5.53. The smallest absolute Gasteiger partial charge is 0.308 e. The molecule has 0 spiro atoms. The van der Waals surface area contributed by atoms with Crippen LogP contribution >= 0.6 is 0 Å². The van der Waals surface area contributed by atoms with Gasteiger partial charge in [0, 0.05) is 36.3 Å². The van der Waals surface area contributed by atoms with E-state index >= 15 is 0 Å². The minimum absolute atomic E-state index is 0.00271. The largest absolute Gasteiger partial charge is 0.389 e. The van der Waals surface area contributed by atoms with Gasteiger partial charge in [-0.2, -0.15) is 18.3 Å². The third-order valence-electron chi connectivity index (χ3n) is 3.16. The standard InChI is InChI=1S/C14H24F3N3/c1-10-12(9-18-13(3,4)5)11(2)20(19-10)8-6-7-14(15,16)17/h18H,6-9H2,1-5H3. The maximum absolute atomic E-state index is 12.2. The minimum atomic E-state index is -4.09. The third-order valence-corrected chi connectivity index (χ3v) is 3.16. The van der Waals surface area contributed by atoms with Crippen molar-refractivity contribution in [2.75, 3.05) is 0 Å². The maximum atomic E-state index is 12.2. The molecule has 1 rings (SSSR count). The van der Waals surface area contributed by atoms with Gasteiger partial charge in [0.2, 0.25) is 0 Å². The molecular weight excluding hydrogens is 267 g/mol. The molecule has 0 saturated heterocycles. The molecule has 0 aliphatic carbocycles. The lowest BCUT2D eigenvalue weighted by atomic mass is 10.1. The van der Waals surface area contributed by atoms with Gasteiger partial charge in [-0.05, 0) is 41.0 Å². The lowest BCUT2D eigenvalue weighted by Gasteiger charge is -2.20. The van der Waals surface area contributed by atoms with Gasteiger partial charge < -0.3 is 5.32 Å². The van der Waals surface area contributed by atoms with Crippen molar-refractivity contribution in [2.45, 2.75) is 72.3 Å². The topological polar surface area (TPSA) is 29.9 Å². The van der Waals surface area contributed by atoms with Crippen molar-refractivity contribution < 1.29 is 13.2 Å². The van der Waals surface area contributed by atoms with Gasteiger partial charge in [-0.15, -0.1) is 0 Å². The first-order valence-corrected chi connectivity index (χ1v) is 6.84. The van der Waals surface area contributed by atoms with E-state index in [1.54, 1.807) is 4.68 Å². The second-order valence-electron chi connectivity index (χ2n) is 6.19. The lowest BCUT2D eigenvalue weighted by molar-refractivity contribution is -0.136. The Morgan fingerprint density at radius 3 is 2.25 bits per heavy atom. The molecule has 0 atom stereocenters. The van der Waals surface area contributed by atoms with Crippen LogP contribution in [0.5, 0.6) is 0 Å². The number of alkyl halides is 3. The second-order valence-corrected chi connectivity index (χ2v) is 6.19. The summed E-state index contributed by atoms with van der Waals surface area (Å²) < 4.78 is 38.1. The first-order valence-electron chi connectivity index (χ1n) is 6.84. The highest BCUT2D eigenvalue weighted by atomic mass is 19.4. The highest BCUT2D eigenvalue weighted by Gasteiger charge is 2.26. The number of halogens is 3. The Balaban J connectivity index is 2.67. The molecule has 6 heteroatoms. The molecule has 0 radical (unpaired) electrons. The first kappa shape index (κ1) is 17.0. The van der Waals surface area contributed by atoms with Gasteiger partial charge in [-0.1, -0.05) is 0 Å². The number of aromatic nitrogens is 2. The summed E-state index contributed by atoms with van der Waals surface area (Å²) in [4.78, 5) is 0. The fraction of sp³-hybridized carbons (Fsp3) is 0.786. The normalized spacial score (nSPS) is 13.0. The number of rotatable bonds is 5. The summed E-state index contributed by atoms with van der Waals surface area (Å²) in [5, 5.41) is 7.72. The summed E-state index contributed by atoms with van der Waals surface area (Å²) in [5.74, 6) is 0. The van der Waals surface area contributed by atoms with Gasteiger partial charge in [-0.3, -0.25) is 4.68 Å². The molecule has 0 aromatic carbocycles. The Labute approximate surface area is 118 Å². The molecule has 0 aliphatic rings. The molecule has 1 N–H and O–H groups in total. The van der Waals surface area contributed by atoms with Crippen LogP contribution in [-0.2, 0) is 13.1 Å². The predicted octanol–water partition coefficient (Wildman–Crippen LogP) is 3.73. The summed E-state index contributed by atoms with van der Waals surface area (Å²) >= 11 is 0. The molecule has 0 fully saturated rings. The fourth-order valence-electron chi connectivity index (χ4n) is 1.99. The maximum Gasteiger partial charge on any atom is 0.389 e. The number of aryl methyl sites for hydroxylation is 2. The first-order chi connectivity index (χ1) is 8.99. The van der Waals surface area contributed by atoms with Crippen LogP contribution < -0.4 is 5.32 Å². The van der Waals surface area contributed by atoms with E-state index in [0.29, 0.717) is 13.1 Å². The monoisotopic (exact) mass is 291 g/mol. The molecule has 0 unspecified atom stereocenters. The Morgan fingerprint density at radius 2 is 1.75 bits per heavy atom. The molecule has 1 aromatic heterocycles. The van der Waals surface area contributed by atoms with Crippen LogP contribution in [0.3, 0.4) is 0 Å². The van der Waals surface area contributed by atoms with Crippen LogP contribution in [-0.4, -0.2) is 21.5 Å². The molecule has 0 bridgehead atoms. The molecule has 0 saturated carbocycles. The van der Waals surface area contributed by atoms with Gasteiger partial charge in [-0.25, -0.2) is 0 Å². The number of hydrogen-bond donors (Lipinski definition) is 1. The molecule has 1 aromatic rings. The van der Waals surface area contributed by atoms with Crippen molar-refractivity contribution >= 4 is 0 Å². The Morgan fingerprint density at radius 1 is 1.15 bits per heavy atom. The molecular formula is C14H24F3N3. The van der Waals surface area contributed by atoms with Crippen LogP contribution in [0.4, 0.5) is 13.2 Å². The van der Waals surface area contributed by atoms with Crippen LogP contribution in [0, 0.1) is 13.8 Å². The van der Waals surface area contributed by atoms with Crippen molar-refractivity contribution in [3.05, 3.63) is 17.0 Å². The molecule has 3 nitrogen and oxygen atoms in total. The number of nitrogens with one attached hydrogen (secondary N) is 1. The van der Waals surface area contributed by atoms with Crippen molar-refractivity contribution in [3.63, 3.8) is 0 Å². The van der Waals surface area contributed by atoms with Crippen molar-refractivity contribution in [1.82, 2.24) is 15.1 Å². The number of nitrogens with zero attached hydrogens (tertiary/aromatic N) is 2.